The number of aromatic amines is 1. The number of hydrogen-bond donors (Lipinski definition) is 2. The number of amides is 1. The fraction of sp³-hybridized carbons (Fsp3) is 0.367. The molecule has 37 heavy (non-hydrogen) atoms. The van der Waals surface area contributed by atoms with Crippen LogP contribution in [-0.2, 0) is 16.0 Å². The Morgan fingerprint density at radius 3 is 2.46 bits per heavy atom. The van der Waals surface area contributed by atoms with E-state index >= 15 is 0 Å². The van der Waals surface area contributed by atoms with Gasteiger partial charge in [0.15, 0.2) is 0 Å². The van der Waals surface area contributed by atoms with E-state index in [4.69, 9.17) is 16.3 Å². The molecule has 0 saturated carbocycles. The van der Waals surface area contributed by atoms with E-state index in [9.17, 15) is 9.59 Å². The van der Waals surface area contributed by atoms with Gasteiger partial charge in [-0.2, -0.15) is 5.10 Å². The summed E-state index contributed by atoms with van der Waals surface area (Å²) in [7, 11) is 0. The lowest BCUT2D eigenvalue weighted by Crippen LogP contribution is -2.27. The van der Waals surface area contributed by atoms with Crippen molar-refractivity contribution in [1.29, 1.82) is 0 Å². The predicted molar refractivity (Wildman–Crippen MR) is 148 cm³/mol. The van der Waals surface area contributed by atoms with Gasteiger partial charge in [0.2, 0.25) is 5.91 Å². The molecule has 1 aliphatic rings. The third-order valence-corrected chi connectivity index (χ3v) is 7.50. The monoisotopic (exact) mass is 519 g/mol. The summed E-state index contributed by atoms with van der Waals surface area (Å²) in [4.78, 5) is 24.6. The molecule has 1 heterocycles. The zero-order valence-electron chi connectivity index (χ0n) is 22.2. The van der Waals surface area contributed by atoms with Gasteiger partial charge in [0.1, 0.15) is 11.5 Å². The number of ketones is 1. The molecule has 0 atom stereocenters. The maximum Gasteiger partial charge on any atom is 0.247 e. The Balaban J connectivity index is 1.57. The third kappa shape index (κ3) is 5.80. The number of carbonyl (C=O) groups is 2. The second-order valence-corrected chi connectivity index (χ2v) is 10.2. The number of rotatable bonds is 10. The van der Waals surface area contributed by atoms with Crippen molar-refractivity contribution in [2.75, 3.05) is 13.2 Å². The van der Waals surface area contributed by atoms with Gasteiger partial charge in [0, 0.05) is 41.2 Å². The summed E-state index contributed by atoms with van der Waals surface area (Å²) in [5.74, 6) is 0.752. The Morgan fingerprint density at radius 2 is 1.81 bits per heavy atom. The first-order valence-corrected chi connectivity index (χ1v) is 13.1. The predicted octanol–water partition coefficient (Wildman–Crippen LogP) is 6.23. The lowest BCUT2D eigenvalue weighted by Gasteiger charge is -2.13. The van der Waals surface area contributed by atoms with Crippen molar-refractivity contribution in [2.24, 2.45) is 0 Å². The molecule has 194 valence electrons. The summed E-state index contributed by atoms with van der Waals surface area (Å²) in [6, 6.07) is 10.2. The second-order valence-electron chi connectivity index (χ2n) is 9.81. The number of nitrogens with one attached hydrogen (secondary N) is 2. The van der Waals surface area contributed by atoms with E-state index < -0.39 is 0 Å². The highest BCUT2D eigenvalue weighted by molar-refractivity contribution is 6.32. The van der Waals surface area contributed by atoms with Crippen LogP contribution in [0.15, 0.2) is 35.9 Å². The summed E-state index contributed by atoms with van der Waals surface area (Å²) in [5, 5.41) is 11.2. The van der Waals surface area contributed by atoms with Crippen molar-refractivity contribution >= 4 is 28.9 Å². The minimum absolute atomic E-state index is 0.0576. The molecular weight excluding hydrogens is 486 g/mol. The number of benzene rings is 2. The number of ether oxygens (including phenoxy) is 1. The number of allylic oxidation sites excluding steroid dienone is 1. The van der Waals surface area contributed by atoms with E-state index in [1.807, 2.05) is 45.9 Å². The molecule has 2 aromatic carbocycles. The molecule has 3 aromatic rings. The van der Waals surface area contributed by atoms with E-state index in [1.165, 1.54) is 6.92 Å². The van der Waals surface area contributed by atoms with Gasteiger partial charge >= 0.3 is 0 Å². The summed E-state index contributed by atoms with van der Waals surface area (Å²) < 4.78 is 6.04. The van der Waals surface area contributed by atoms with Gasteiger partial charge in [-0.15, -0.1) is 0 Å². The van der Waals surface area contributed by atoms with Crippen LogP contribution < -0.4 is 10.1 Å². The summed E-state index contributed by atoms with van der Waals surface area (Å²) >= 11 is 6.29. The Bertz CT molecular complexity index is 1340. The normalized spacial score (nSPS) is 12.6. The van der Waals surface area contributed by atoms with Crippen LogP contribution in [0.2, 0.25) is 5.02 Å². The van der Waals surface area contributed by atoms with Crippen LogP contribution >= 0.6 is 11.6 Å². The van der Waals surface area contributed by atoms with Crippen LogP contribution in [0.25, 0.3) is 16.7 Å². The topological polar surface area (TPSA) is 84.1 Å². The Hall–Kier alpha value is -3.38. The van der Waals surface area contributed by atoms with Crippen molar-refractivity contribution in [3.63, 3.8) is 0 Å². The third-order valence-electron chi connectivity index (χ3n) is 6.90. The van der Waals surface area contributed by atoms with Gasteiger partial charge in [0.25, 0.3) is 0 Å². The summed E-state index contributed by atoms with van der Waals surface area (Å²) in [6.45, 7) is 10.4. The van der Waals surface area contributed by atoms with Crippen LogP contribution in [0.4, 0.5) is 0 Å². The van der Waals surface area contributed by atoms with Crippen molar-refractivity contribution in [3.05, 3.63) is 74.6 Å². The molecule has 1 amide bonds. The highest BCUT2D eigenvalue weighted by Crippen LogP contribution is 2.42. The van der Waals surface area contributed by atoms with Gasteiger partial charge in [0.05, 0.1) is 12.3 Å². The molecule has 6 nitrogen and oxygen atoms in total. The first-order chi connectivity index (χ1) is 17.7. The largest absolute Gasteiger partial charge is 0.494 e. The maximum atomic E-state index is 13.3. The number of carbonyl (C=O) groups excluding carboxylic acids is 2. The fourth-order valence-electron chi connectivity index (χ4n) is 5.08. The van der Waals surface area contributed by atoms with E-state index in [2.05, 4.69) is 27.6 Å². The average Bonchev–Trinajstić information content (AvgIpc) is 3.39. The number of aryl methyl sites for hydroxylation is 4. The standard InChI is InChI=1S/C30H34ClN3O3/c1-17-14-22(15-18(2)29(17)31)37-13-7-10-24-23-8-6-9-25(28-20(4)33-34-21(28)5)26(23)16-27(24)30(36)32-12-11-19(3)35/h6,8-9,14-15H,7,10-13,16H2,1-5H3,(H,32,36)(H,33,34). The number of halogens is 1. The maximum absolute atomic E-state index is 13.3. The minimum atomic E-state index is -0.107. The van der Waals surface area contributed by atoms with Crippen LogP contribution in [0.5, 0.6) is 5.75 Å². The lowest BCUT2D eigenvalue weighted by atomic mass is 9.93. The van der Waals surface area contributed by atoms with Gasteiger partial charge in [-0.05, 0) is 93.0 Å². The van der Waals surface area contributed by atoms with Crippen LogP contribution in [0.3, 0.4) is 0 Å². The highest BCUT2D eigenvalue weighted by atomic mass is 35.5. The molecular formula is C30H34ClN3O3. The van der Waals surface area contributed by atoms with Crippen molar-refractivity contribution < 1.29 is 14.3 Å². The fourth-order valence-corrected chi connectivity index (χ4v) is 5.19. The molecule has 0 bridgehead atoms. The molecule has 4 rings (SSSR count). The van der Waals surface area contributed by atoms with E-state index in [-0.39, 0.29) is 11.7 Å². The molecule has 0 spiro atoms. The number of fused-ring (bicyclic) bond motifs is 1. The highest BCUT2D eigenvalue weighted by Gasteiger charge is 2.29. The molecule has 0 aliphatic heterocycles. The molecule has 0 fully saturated rings. The molecule has 0 radical (unpaired) electrons. The summed E-state index contributed by atoms with van der Waals surface area (Å²) in [6.07, 6.45) is 2.34. The number of nitrogens with zero attached hydrogens (tertiary/aromatic N) is 1. The molecule has 7 heteroatoms. The number of aromatic nitrogens is 2. The van der Waals surface area contributed by atoms with Crippen molar-refractivity contribution in [1.82, 2.24) is 15.5 Å². The van der Waals surface area contributed by atoms with E-state index in [0.717, 1.165) is 73.1 Å². The zero-order valence-corrected chi connectivity index (χ0v) is 22.9. The average molecular weight is 520 g/mol. The SMILES string of the molecule is CC(=O)CCNC(=O)C1=C(CCCOc2cc(C)c(Cl)c(C)c2)c2cccc(-c3c(C)n[nH]c3C)c2C1. The number of hydrogen-bond acceptors (Lipinski definition) is 4. The zero-order chi connectivity index (χ0) is 26.7. The second kappa shape index (κ2) is 11.3. The number of H-pyrrole nitrogens is 1. The van der Waals surface area contributed by atoms with E-state index in [0.29, 0.717) is 32.4 Å². The Morgan fingerprint density at radius 1 is 1.11 bits per heavy atom. The minimum Gasteiger partial charge on any atom is -0.494 e. The van der Waals surface area contributed by atoms with Crippen molar-refractivity contribution in [3.8, 4) is 16.9 Å². The first kappa shape index (κ1) is 26.7. The Labute approximate surface area is 223 Å². The van der Waals surface area contributed by atoms with Crippen LogP contribution in [-0.4, -0.2) is 35.0 Å². The Kier molecular flexibility index (Phi) is 8.18. The molecule has 0 unspecified atom stereocenters. The van der Waals surface area contributed by atoms with Crippen molar-refractivity contribution in [2.45, 2.75) is 60.3 Å². The molecule has 1 aromatic heterocycles. The molecule has 2 N–H and O–H groups in total. The van der Waals surface area contributed by atoms with E-state index in [1.54, 1.807) is 0 Å². The molecule has 1 aliphatic carbocycles. The van der Waals surface area contributed by atoms with Gasteiger partial charge in [-0.1, -0.05) is 29.8 Å². The molecule has 0 saturated heterocycles. The van der Waals surface area contributed by atoms with Gasteiger partial charge < -0.3 is 10.1 Å². The van der Waals surface area contributed by atoms with Crippen LogP contribution in [0.1, 0.15) is 59.8 Å². The lowest BCUT2D eigenvalue weighted by molar-refractivity contribution is -0.118. The van der Waals surface area contributed by atoms with Gasteiger partial charge in [-0.3, -0.25) is 14.7 Å². The quantitative estimate of drug-likeness (QED) is 0.311. The number of Topliss-reactive ketones (excluding diaryl/α,β-unsaturated/α-hetero) is 1. The van der Waals surface area contributed by atoms with Crippen LogP contribution in [0, 0.1) is 27.7 Å². The van der Waals surface area contributed by atoms with Gasteiger partial charge in [-0.25, -0.2) is 0 Å². The smallest absolute Gasteiger partial charge is 0.247 e. The summed E-state index contributed by atoms with van der Waals surface area (Å²) in [5.41, 5.74) is 10.2. The first-order valence-electron chi connectivity index (χ1n) is 12.7.